The molecule has 0 amide bonds. The fourth-order valence-corrected chi connectivity index (χ4v) is 1.20. The zero-order chi connectivity index (χ0) is 12.8. The number of benzene rings is 1. The van der Waals surface area contributed by atoms with Crippen LogP contribution in [0.15, 0.2) is 18.2 Å². The highest BCUT2D eigenvalue weighted by molar-refractivity contribution is 5.85. The molecular formula is C13H24ClNO2. The van der Waals surface area contributed by atoms with Crippen LogP contribution in [0.5, 0.6) is 5.75 Å². The highest BCUT2D eigenvalue weighted by atomic mass is 35.5. The lowest BCUT2D eigenvalue weighted by atomic mass is 9.86. The van der Waals surface area contributed by atoms with E-state index in [1.165, 1.54) is 0 Å². The average Bonchev–Trinajstić information content (AvgIpc) is 2.17. The molecule has 1 rings (SSSR count). The number of rotatable bonds is 1. The molecule has 0 radical (unpaired) electrons. The van der Waals surface area contributed by atoms with Gasteiger partial charge in [0.2, 0.25) is 0 Å². The van der Waals surface area contributed by atoms with Crippen molar-refractivity contribution >= 4 is 12.4 Å². The van der Waals surface area contributed by atoms with Crippen LogP contribution in [0.25, 0.3) is 0 Å². The summed E-state index contributed by atoms with van der Waals surface area (Å²) in [5.74, 6) is 0.301. The predicted octanol–water partition coefficient (Wildman–Crippen LogP) is 2.57. The lowest BCUT2D eigenvalue weighted by molar-refractivity contribution is 0.318. The summed E-state index contributed by atoms with van der Waals surface area (Å²) in [5, 5.41) is 17.1. The molecule has 0 aromatic heterocycles. The SMILES string of the molecule is CC(C)(C)c1ccc(CN)c(O)c1.CCO.Cl. The molecule has 0 saturated heterocycles. The molecule has 3 nitrogen and oxygen atoms in total. The van der Waals surface area contributed by atoms with Gasteiger partial charge in [-0.1, -0.05) is 32.9 Å². The zero-order valence-electron chi connectivity index (χ0n) is 11.0. The van der Waals surface area contributed by atoms with E-state index in [2.05, 4.69) is 20.8 Å². The first-order chi connectivity index (χ1) is 7.36. The monoisotopic (exact) mass is 261 g/mol. The van der Waals surface area contributed by atoms with E-state index in [0.29, 0.717) is 12.3 Å². The Bertz CT molecular complexity index is 322. The molecule has 4 N–H and O–H groups in total. The summed E-state index contributed by atoms with van der Waals surface area (Å²) in [5.41, 5.74) is 7.45. The highest BCUT2D eigenvalue weighted by Crippen LogP contribution is 2.27. The molecule has 0 aliphatic heterocycles. The molecular weight excluding hydrogens is 238 g/mol. The largest absolute Gasteiger partial charge is 0.508 e. The van der Waals surface area contributed by atoms with Gasteiger partial charge in [-0.3, -0.25) is 0 Å². The first-order valence-electron chi connectivity index (χ1n) is 5.50. The standard InChI is InChI=1S/C11H17NO.C2H6O.ClH/c1-11(2,3)9-5-4-8(7-12)10(13)6-9;1-2-3;/h4-6,13H,7,12H2,1-3H3;3H,2H2,1H3;1H. The molecule has 0 atom stereocenters. The number of halogens is 1. The van der Waals surface area contributed by atoms with Crippen molar-refractivity contribution in [1.82, 2.24) is 0 Å². The lowest BCUT2D eigenvalue weighted by Crippen LogP contribution is -2.11. The Labute approximate surface area is 110 Å². The molecule has 0 spiro atoms. The van der Waals surface area contributed by atoms with Crippen LogP contribution < -0.4 is 5.73 Å². The van der Waals surface area contributed by atoms with Crippen LogP contribution in [0.3, 0.4) is 0 Å². The highest BCUT2D eigenvalue weighted by Gasteiger charge is 2.14. The molecule has 0 aliphatic rings. The van der Waals surface area contributed by atoms with Gasteiger partial charge in [-0.2, -0.15) is 0 Å². The minimum atomic E-state index is 0. The minimum Gasteiger partial charge on any atom is -0.508 e. The third-order valence-electron chi connectivity index (χ3n) is 2.17. The molecule has 0 saturated carbocycles. The Kier molecular flexibility index (Phi) is 9.12. The molecule has 0 bridgehead atoms. The molecule has 0 fully saturated rings. The van der Waals surface area contributed by atoms with E-state index in [4.69, 9.17) is 10.8 Å². The Balaban J connectivity index is 0. The molecule has 17 heavy (non-hydrogen) atoms. The molecule has 1 aromatic rings. The second-order valence-corrected chi connectivity index (χ2v) is 4.61. The van der Waals surface area contributed by atoms with E-state index in [0.717, 1.165) is 11.1 Å². The van der Waals surface area contributed by atoms with Crippen LogP contribution >= 0.6 is 12.4 Å². The van der Waals surface area contributed by atoms with E-state index < -0.39 is 0 Å². The maximum absolute atomic E-state index is 9.57. The summed E-state index contributed by atoms with van der Waals surface area (Å²) in [4.78, 5) is 0. The normalized spacial score (nSPS) is 10.0. The first kappa shape index (κ1) is 18.6. The number of aliphatic hydroxyl groups is 1. The van der Waals surface area contributed by atoms with Gasteiger partial charge in [0.15, 0.2) is 0 Å². The van der Waals surface area contributed by atoms with E-state index in [9.17, 15) is 5.11 Å². The summed E-state index contributed by atoms with van der Waals surface area (Å²) in [6.07, 6.45) is 0. The van der Waals surface area contributed by atoms with Gasteiger partial charge >= 0.3 is 0 Å². The summed E-state index contributed by atoms with van der Waals surface area (Å²) < 4.78 is 0. The van der Waals surface area contributed by atoms with Gasteiger partial charge in [-0.25, -0.2) is 0 Å². The lowest BCUT2D eigenvalue weighted by Gasteiger charge is -2.19. The molecule has 0 unspecified atom stereocenters. The van der Waals surface area contributed by atoms with E-state index >= 15 is 0 Å². The molecule has 4 heteroatoms. The Hall–Kier alpha value is -0.770. The second kappa shape index (κ2) is 8.34. The quantitative estimate of drug-likeness (QED) is 0.728. The molecule has 1 aromatic carbocycles. The van der Waals surface area contributed by atoms with Crippen molar-refractivity contribution in [1.29, 1.82) is 0 Å². The van der Waals surface area contributed by atoms with Crippen molar-refractivity contribution < 1.29 is 10.2 Å². The number of hydrogen-bond donors (Lipinski definition) is 3. The third-order valence-corrected chi connectivity index (χ3v) is 2.17. The van der Waals surface area contributed by atoms with Gasteiger partial charge in [0.1, 0.15) is 5.75 Å². The van der Waals surface area contributed by atoms with Crippen molar-refractivity contribution in [3.63, 3.8) is 0 Å². The van der Waals surface area contributed by atoms with E-state index in [1.807, 2.05) is 12.1 Å². The van der Waals surface area contributed by atoms with Crippen molar-refractivity contribution in [3.8, 4) is 5.75 Å². The van der Waals surface area contributed by atoms with Crippen molar-refractivity contribution in [2.45, 2.75) is 39.7 Å². The Morgan fingerprint density at radius 2 is 1.71 bits per heavy atom. The maximum Gasteiger partial charge on any atom is 0.120 e. The van der Waals surface area contributed by atoms with Crippen LogP contribution in [-0.2, 0) is 12.0 Å². The summed E-state index contributed by atoms with van der Waals surface area (Å²) in [6.45, 7) is 8.66. The number of hydrogen-bond acceptors (Lipinski definition) is 3. The van der Waals surface area contributed by atoms with Crippen LogP contribution in [0, 0.1) is 0 Å². The summed E-state index contributed by atoms with van der Waals surface area (Å²) in [6, 6.07) is 5.69. The fraction of sp³-hybridized carbons (Fsp3) is 0.538. The Morgan fingerprint density at radius 3 is 2.00 bits per heavy atom. The topological polar surface area (TPSA) is 66.5 Å². The first-order valence-corrected chi connectivity index (χ1v) is 5.50. The van der Waals surface area contributed by atoms with Crippen molar-refractivity contribution in [2.24, 2.45) is 5.73 Å². The fourth-order valence-electron chi connectivity index (χ4n) is 1.20. The molecule has 0 aliphatic carbocycles. The van der Waals surface area contributed by atoms with Gasteiger partial charge in [-0.05, 0) is 24.0 Å². The molecule has 0 heterocycles. The van der Waals surface area contributed by atoms with Gasteiger partial charge in [-0.15, -0.1) is 12.4 Å². The van der Waals surface area contributed by atoms with Gasteiger partial charge in [0.25, 0.3) is 0 Å². The van der Waals surface area contributed by atoms with Crippen LogP contribution in [0.4, 0.5) is 0 Å². The van der Waals surface area contributed by atoms with Crippen LogP contribution in [-0.4, -0.2) is 16.8 Å². The third kappa shape index (κ3) is 6.51. The van der Waals surface area contributed by atoms with E-state index in [-0.39, 0.29) is 24.4 Å². The summed E-state index contributed by atoms with van der Waals surface area (Å²) in [7, 11) is 0. The average molecular weight is 262 g/mol. The smallest absolute Gasteiger partial charge is 0.120 e. The number of aliphatic hydroxyl groups excluding tert-OH is 1. The zero-order valence-corrected chi connectivity index (χ0v) is 11.8. The van der Waals surface area contributed by atoms with Gasteiger partial charge < -0.3 is 15.9 Å². The summed E-state index contributed by atoms with van der Waals surface area (Å²) >= 11 is 0. The minimum absolute atomic E-state index is 0. The second-order valence-electron chi connectivity index (χ2n) is 4.61. The number of phenolic OH excluding ortho intramolecular Hbond substituents is 1. The number of phenols is 1. The van der Waals surface area contributed by atoms with Crippen molar-refractivity contribution in [2.75, 3.05) is 6.61 Å². The predicted molar refractivity (Wildman–Crippen MR) is 74.7 cm³/mol. The molecule has 100 valence electrons. The van der Waals surface area contributed by atoms with Crippen LogP contribution in [0.1, 0.15) is 38.8 Å². The van der Waals surface area contributed by atoms with Crippen molar-refractivity contribution in [3.05, 3.63) is 29.3 Å². The maximum atomic E-state index is 9.57. The Morgan fingerprint density at radius 1 is 1.24 bits per heavy atom. The number of aromatic hydroxyl groups is 1. The van der Waals surface area contributed by atoms with E-state index in [1.54, 1.807) is 13.0 Å². The van der Waals surface area contributed by atoms with Gasteiger partial charge in [0.05, 0.1) is 0 Å². The van der Waals surface area contributed by atoms with Gasteiger partial charge in [0, 0.05) is 18.7 Å². The number of nitrogens with two attached hydrogens (primary N) is 1. The van der Waals surface area contributed by atoms with Crippen LogP contribution in [0.2, 0.25) is 0 Å².